The van der Waals surface area contributed by atoms with Crippen LogP contribution < -0.4 is 0 Å². The minimum atomic E-state index is -0.891. The van der Waals surface area contributed by atoms with Gasteiger partial charge in [0.15, 0.2) is 12.4 Å². The molecule has 8 nitrogen and oxygen atoms in total. The Balaban J connectivity index is 3.17. The van der Waals surface area contributed by atoms with Crippen LogP contribution in [0.25, 0.3) is 0 Å². The number of carbonyl (C=O) groups is 3. The second-order valence-corrected chi connectivity index (χ2v) is 5.80. The molecule has 1 rings (SSSR count). The molecule has 1 aliphatic rings. The smallest absolute Gasteiger partial charge is 0.303 e. The maximum atomic E-state index is 11.6. The van der Waals surface area contributed by atoms with E-state index in [1.165, 1.54) is 26.8 Å². The van der Waals surface area contributed by atoms with Crippen molar-refractivity contribution in [2.24, 2.45) is 5.92 Å². The highest BCUT2D eigenvalue weighted by Gasteiger charge is 2.46. The van der Waals surface area contributed by atoms with Gasteiger partial charge in [-0.2, -0.15) is 0 Å². The molecule has 0 saturated carbocycles. The lowest BCUT2D eigenvalue weighted by Gasteiger charge is -2.42. The van der Waals surface area contributed by atoms with Crippen molar-refractivity contribution in [3.8, 4) is 0 Å². The van der Waals surface area contributed by atoms with E-state index in [-0.39, 0.29) is 6.61 Å². The third-order valence-corrected chi connectivity index (χ3v) is 3.66. The summed E-state index contributed by atoms with van der Waals surface area (Å²) in [7, 11) is 0. The third kappa shape index (κ3) is 7.00. The molecule has 5 atom stereocenters. The summed E-state index contributed by atoms with van der Waals surface area (Å²) in [5.74, 6) is -1.92. The van der Waals surface area contributed by atoms with Gasteiger partial charge >= 0.3 is 17.9 Å². The van der Waals surface area contributed by atoms with E-state index < -0.39 is 48.4 Å². The molecular formula is C18H26O8. The van der Waals surface area contributed by atoms with E-state index in [2.05, 4.69) is 12.3 Å². The third-order valence-electron chi connectivity index (χ3n) is 3.66. The van der Waals surface area contributed by atoms with Gasteiger partial charge < -0.3 is 23.7 Å². The van der Waals surface area contributed by atoms with Crippen molar-refractivity contribution in [2.45, 2.75) is 58.7 Å². The fourth-order valence-corrected chi connectivity index (χ4v) is 2.76. The number of rotatable bonds is 8. The second-order valence-electron chi connectivity index (χ2n) is 5.80. The van der Waals surface area contributed by atoms with Crippen molar-refractivity contribution < 1.29 is 38.1 Å². The summed E-state index contributed by atoms with van der Waals surface area (Å²) in [5, 5.41) is 0. The van der Waals surface area contributed by atoms with Crippen LogP contribution in [-0.4, -0.2) is 55.7 Å². The van der Waals surface area contributed by atoms with Gasteiger partial charge in [0.25, 0.3) is 0 Å². The second kappa shape index (κ2) is 10.8. The van der Waals surface area contributed by atoms with Crippen molar-refractivity contribution in [3.05, 3.63) is 18.4 Å². The average Bonchev–Trinajstić information content (AvgIpc) is 2.53. The summed E-state index contributed by atoms with van der Waals surface area (Å²) in [5.41, 5.74) is 2.56. The molecule has 0 N–H and O–H groups in total. The van der Waals surface area contributed by atoms with Gasteiger partial charge in [-0.25, -0.2) is 0 Å². The van der Waals surface area contributed by atoms with Crippen LogP contribution in [0, 0.1) is 5.92 Å². The normalized spacial score (nSPS) is 26.2. The van der Waals surface area contributed by atoms with E-state index in [1.807, 2.05) is 6.92 Å². The molecule has 1 fully saturated rings. The summed E-state index contributed by atoms with van der Waals surface area (Å²) >= 11 is 0. The minimum Gasteiger partial charge on any atom is -0.465 e. The number of ether oxygens (including phenoxy) is 5. The molecule has 0 aromatic rings. The van der Waals surface area contributed by atoms with Gasteiger partial charge in [-0.3, -0.25) is 14.4 Å². The van der Waals surface area contributed by atoms with Crippen LogP contribution in [0.3, 0.4) is 0 Å². The topological polar surface area (TPSA) is 97.4 Å². The van der Waals surface area contributed by atoms with Crippen molar-refractivity contribution in [1.29, 1.82) is 0 Å². The Hall–Kier alpha value is -2.15. The van der Waals surface area contributed by atoms with E-state index in [9.17, 15) is 14.4 Å². The lowest BCUT2D eigenvalue weighted by atomic mass is 9.89. The van der Waals surface area contributed by atoms with E-state index in [0.717, 1.165) is 0 Å². The Morgan fingerprint density at radius 3 is 2.42 bits per heavy atom. The predicted molar refractivity (Wildman–Crippen MR) is 89.8 cm³/mol. The summed E-state index contributed by atoms with van der Waals surface area (Å²) < 4.78 is 27.2. The Morgan fingerprint density at radius 1 is 1.23 bits per heavy atom. The van der Waals surface area contributed by atoms with Crippen LogP contribution in [0.5, 0.6) is 0 Å². The van der Waals surface area contributed by atoms with Gasteiger partial charge in [0, 0.05) is 45.8 Å². The van der Waals surface area contributed by atoms with Gasteiger partial charge in [0.2, 0.25) is 0 Å². The molecule has 1 saturated heterocycles. The molecule has 0 radical (unpaired) electrons. The lowest BCUT2D eigenvalue weighted by molar-refractivity contribution is -0.263. The molecule has 146 valence electrons. The zero-order valence-corrected chi connectivity index (χ0v) is 15.6. The Bertz CT molecular complexity index is 551. The summed E-state index contributed by atoms with van der Waals surface area (Å²) in [6, 6.07) is 0. The van der Waals surface area contributed by atoms with Crippen molar-refractivity contribution >= 4 is 17.9 Å². The molecule has 1 heterocycles. The molecule has 0 unspecified atom stereocenters. The Morgan fingerprint density at radius 2 is 1.92 bits per heavy atom. The van der Waals surface area contributed by atoms with Gasteiger partial charge in [0.1, 0.15) is 12.2 Å². The van der Waals surface area contributed by atoms with Crippen LogP contribution in [0.15, 0.2) is 18.4 Å². The highest BCUT2D eigenvalue weighted by atomic mass is 16.7. The van der Waals surface area contributed by atoms with E-state index in [4.69, 9.17) is 23.7 Å². The molecule has 0 aromatic heterocycles. The molecule has 0 spiro atoms. The van der Waals surface area contributed by atoms with Crippen molar-refractivity contribution in [2.75, 3.05) is 13.2 Å². The van der Waals surface area contributed by atoms with E-state index in [1.54, 1.807) is 0 Å². The molecule has 0 aliphatic carbocycles. The van der Waals surface area contributed by atoms with Crippen LogP contribution in [0.2, 0.25) is 0 Å². The minimum absolute atomic E-state index is 0.0152. The summed E-state index contributed by atoms with van der Waals surface area (Å²) in [6.07, 6.45) is -1.42. The maximum absolute atomic E-state index is 11.6. The first-order valence-electron chi connectivity index (χ1n) is 8.39. The van der Waals surface area contributed by atoms with Crippen LogP contribution >= 0.6 is 0 Å². The largest absolute Gasteiger partial charge is 0.465 e. The predicted octanol–water partition coefficient (Wildman–Crippen LogP) is 1.52. The van der Waals surface area contributed by atoms with Gasteiger partial charge in [-0.15, -0.1) is 5.73 Å². The molecule has 0 bridgehead atoms. The molecule has 0 amide bonds. The van der Waals surface area contributed by atoms with Crippen molar-refractivity contribution in [3.63, 3.8) is 0 Å². The van der Waals surface area contributed by atoms with Gasteiger partial charge in [-0.1, -0.05) is 6.58 Å². The zero-order valence-electron chi connectivity index (χ0n) is 15.6. The van der Waals surface area contributed by atoms with Crippen LogP contribution in [0.1, 0.15) is 34.1 Å². The molecular weight excluding hydrogens is 344 g/mol. The zero-order chi connectivity index (χ0) is 19.7. The molecule has 1 aliphatic heterocycles. The molecule has 26 heavy (non-hydrogen) atoms. The quantitative estimate of drug-likeness (QED) is 0.360. The van der Waals surface area contributed by atoms with Crippen molar-refractivity contribution in [1.82, 2.24) is 0 Å². The first-order chi connectivity index (χ1) is 12.3. The lowest BCUT2D eigenvalue weighted by Crippen LogP contribution is -2.54. The summed E-state index contributed by atoms with van der Waals surface area (Å²) in [6.45, 7) is 9.51. The summed E-state index contributed by atoms with van der Waals surface area (Å²) in [4.78, 5) is 34.2. The van der Waals surface area contributed by atoms with E-state index >= 15 is 0 Å². The first kappa shape index (κ1) is 21.9. The maximum Gasteiger partial charge on any atom is 0.303 e. The standard InChI is InChI=1S/C18H26O8/c1-6-8-15(24-12(4)20)18-17(25-13(5)21)14(10-23-11(3)19)9-16(26-18)22-7-2/h8,14-18H,1,7,9-10H2,2-5H3/t14-,15+,16+,17+,18-/m1/s1. The van der Waals surface area contributed by atoms with Gasteiger partial charge in [0.05, 0.1) is 6.61 Å². The van der Waals surface area contributed by atoms with Crippen LogP contribution in [-0.2, 0) is 38.1 Å². The Labute approximate surface area is 153 Å². The van der Waals surface area contributed by atoms with E-state index in [0.29, 0.717) is 13.0 Å². The number of hydrogen-bond donors (Lipinski definition) is 0. The monoisotopic (exact) mass is 370 g/mol. The highest BCUT2D eigenvalue weighted by Crippen LogP contribution is 2.32. The number of carbonyl (C=O) groups excluding carboxylic acids is 3. The molecule has 8 heteroatoms. The highest BCUT2D eigenvalue weighted by molar-refractivity contribution is 5.67. The fourth-order valence-electron chi connectivity index (χ4n) is 2.76. The molecule has 0 aromatic carbocycles. The first-order valence-corrected chi connectivity index (χ1v) is 8.39. The number of hydrogen-bond acceptors (Lipinski definition) is 8. The van der Waals surface area contributed by atoms with Crippen LogP contribution in [0.4, 0.5) is 0 Å². The SMILES string of the molecule is C=C=C[C@H](OC(C)=O)[C@H]1O[C@H](OCC)C[C@H](COC(C)=O)[C@@H]1OC(C)=O. The number of esters is 3. The van der Waals surface area contributed by atoms with Gasteiger partial charge in [-0.05, 0) is 6.92 Å². The fraction of sp³-hybridized carbons (Fsp3) is 0.667. The average molecular weight is 370 g/mol. The Kier molecular flexibility index (Phi) is 9.05.